The van der Waals surface area contributed by atoms with Crippen LogP contribution in [0.15, 0.2) is 12.2 Å². The molecule has 82 valence electrons. The van der Waals surface area contributed by atoms with Gasteiger partial charge in [0.2, 0.25) is 0 Å². The van der Waals surface area contributed by atoms with Gasteiger partial charge in [-0.05, 0) is 26.2 Å². The molecule has 15 heavy (non-hydrogen) atoms. The van der Waals surface area contributed by atoms with Crippen LogP contribution in [-0.4, -0.2) is 25.2 Å². The summed E-state index contributed by atoms with van der Waals surface area (Å²) in [5.41, 5.74) is 1.02. The molecule has 2 unspecified atom stereocenters. The molecule has 3 heteroatoms. The Kier molecular flexibility index (Phi) is 4.38. The van der Waals surface area contributed by atoms with E-state index in [1.54, 1.807) is 6.92 Å². The van der Waals surface area contributed by atoms with Gasteiger partial charge < -0.3 is 10.1 Å². The molecular weight excluding hydrogens is 190 g/mol. The molecule has 0 bridgehead atoms. The van der Waals surface area contributed by atoms with Crippen molar-refractivity contribution >= 4 is 5.91 Å². The van der Waals surface area contributed by atoms with Crippen molar-refractivity contribution in [2.75, 3.05) is 13.2 Å². The Bertz CT molecular complexity index is 311. The Morgan fingerprint density at radius 3 is 3.00 bits per heavy atom. The Morgan fingerprint density at radius 2 is 2.40 bits per heavy atom. The maximum Gasteiger partial charge on any atom is 0.295 e. The highest BCUT2D eigenvalue weighted by Gasteiger charge is 2.28. The summed E-state index contributed by atoms with van der Waals surface area (Å²) in [7, 11) is 0. The van der Waals surface area contributed by atoms with Crippen molar-refractivity contribution in [3.63, 3.8) is 0 Å². The second-order valence-corrected chi connectivity index (χ2v) is 3.77. The molecule has 1 saturated heterocycles. The van der Waals surface area contributed by atoms with Gasteiger partial charge in [0.05, 0.1) is 6.10 Å². The highest BCUT2D eigenvalue weighted by molar-refractivity contribution is 5.93. The minimum Gasteiger partial charge on any atom is -0.374 e. The van der Waals surface area contributed by atoms with Crippen LogP contribution in [0, 0.1) is 17.8 Å². The molecule has 0 aromatic carbocycles. The largest absolute Gasteiger partial charge is 0.374 e. The molecule has 1 heterocycles. The van der Waals surface area contributed by atoms with Gasteiger partial charge >= 0.3 is 0 Å². The van der Waals surface area contributed by atoms with Crippen molar-refractivity contribution in [2.45, 2.75) is 26.4 Å². The average molecular weight is 207 g/mol. The van der Waals surface area contributed by atoms with Gasteiger partial charge in [-0.25, -0.2) is 0 Å². The topological polar surface area (TPSA) is 38.3 Å². The standard InChI is InChI=1S/C12H17NO2/c1-4-5-11(14)13-8-10-6-7-15-12(10)9(2)3/h10,12H,2,6-8H2,1,3H3,(H,13,14). The van der Waals surface area contributed by atoms with E-state index in [1.807, 2.05) is 6.92 Å². The Labute approximate surface area is 90.9 Å². The van der Waals surface area contributed by atoms with E-state index in [-0.39, 0.29) is 12.0 Å². The van der Waals surface area contributed by atoms with Crippen LogP contribution in [-0.2, 0) is 9.53 Å². The van der Waals surface area contributed by atoms with Crippen molar-refractivity contribution < 1.29 is 9.53 Å². The number of carbonyl (C=O) groups is 1. The first kappa shape index (κ1) is 11.8. The highest BCUT2D eigenvalue weighted by atomic mass is 16.5. The first-order valence-corrected chi connectivity index (χ1v) is 5.12. The fourth-order valence-corrected chi connectivity index (χ4v) is 1.77. The van der Waals surface area contributed by atoms with Crippen LogP contribution in [0.5, 0.6) is 0 Å². The van der Waals surface area contributed by atoms with E-state index >= 15 is 0 Å². The predicted molar refractivity (Wildman–Crippen MR) is 59.1 cm³/mol. The number of nitrogens with one attached hydrogen (secondary N) is 1. The molecule has 1 rings (SSSR count). The van der Waals surface area contributed by atoms with E-state index in [1.165, 1.54) is 0 Å². The van der Waals surface area contributed by atoms with E-state index in [0.717, 1.165) is 18.6 Å². The minimum atomic E-state index is -0.218. The van der Waals surface area contributed by atoms with E-state index in [0.29, 0.717) is 12.5 Å². The van der Waals surface area contributed by atoms with Crippen LogP contribution >= 0.6 is 0 Å². The summed E-state index contributed by atoms with van der Waals surface area (Å²) < 4.78 is 5.53. The number of hydrogen-bond acceptors (Lipinski definition) is 2. The third-order valence-corrected chi connectivity index (χ3v) is 2.46. The number of carbonyl (C=O) groups excluding carboxylic acids is 1. The van der Waals surface area contributed by atoms with Crippen molar-refractivity contribution in [3.05, 3.63) is 12.2 Å². The SMILES string of the molecule is C=C(C)C1OCCC1CNC(=O)C#CC. The van der Waals surface area contributed by atoms with E-state index < -0.39 is 0 Å². The van der Waals surface area contributed by atoms with Gasteiger partial charge in [0.1, 0.15) is 0 Å². The molecule has 1 aliphatic rings. The average Bonchev–Trinajstić information content (AvgIpc) is 2.63. The Balaban J connectivity index is 2.40. The third-order valence-electron chi connectivity index (χ3n) is 2.46. The molecule has 0 aliphatic carbocycles. The van der Waals surface area contributed by atoms with Gasteiger partial charge in [0, 0.05) is 19.1 Å². The predicted octanol–water partition coefficient (Wildman–Crippen LogP) is 1.11. The quantitative estimate of drug-likeness (QED) is 0.556. The molecule has 1 aliphatic heterocycles. The van der Waals surface area contributed by atoms with E-state index in [9.17, 15) is 4.79 Å². The molecule has 0 spiro atoms. The zero-order chi connectivity index (χ0) is 11.3. The van der Waals surface area contributed by atoms with E-state index in [2.05, 4.69) is 23.7 Å². The molecule has 1 N–H and O–H groups in total. The molecule has 2 atom stereocenters. The van der Waals surface area contributed by atoms with Crippen molar-refractivity contribution in [1.29, 1.82) is 0 Å². The minimum absolute atomic E-state index is 0.0832. The molecule has 1 amide bonds. The summed E-state index contributed by atoms with van der Waals surface area (Å²) in [6.45, 7) is 8.85. The molecule has 0 saturated carbocycles. The lowest BCUT2D eigenvalue weighted by Gasteiger charge is -2.18. The van der Waals surface area contributed by atoms with Crippen molar-refractivity contribution in [2.24, 2.45) is 5.92 Å². The monoisotopic (exact) mass is 207 g/mol. The van der Waals surface area contributed by atoms with Crippen LogP contribution in [0.1, 0.15) is 20.3 Å². The summed E-state index contributed by atoms with van der Waals surface area (Å²) in [6.07, 6.45) is 1.05. The fraction of sp³-hybridized carbons (Fsp3) is 0.583. The lowest BCUT2D eigenvalue weighted by atomic mass is 9.97. The molecule has 0 radical (unpaired) electrons. The van der Waals surface area contributed by atoms with Crippen LogP contribution in [0.4, 0.5) is 0 Å². The van der Waals surface area contributed by atoms with Crippen molar-refractivity contribution in [3.8, 4) is 11.8 Å². The van der Waals surface area contributed by atoms with Gasteiger partial charge in [-0.2, -0.15) is 0 Å². The number of amides is 1. The maximum absolute atomic E-state index is 11.1. The molecule has 0 aromatic rings. The van der Waals surface area contributed by atoms with Crippen LogP contribution in [0.25, 0.3) is 0 Å². The molecule has 1 fully saturated rings. The van der Waals surface area contributed by atoms with Crippen LogP contribution in [0.2, 0.25) is 0 Å². The van der Waals surface area contributed by atoms with Gasteiger partial charge in [-0.15, -0.1) is 0 Å². The second-order valence-electron chi connectivity index (χ2n) is 3.77. The smallest absolute Gasteiger partial charge is 0.295 e. The number of ether oxygens (including phenoxy) is 1. The van der Waals surface area contributed by atoms with Gasteiger partial charge in [-0.1, -0.05) is 18.1 Å². The summed E-state index contributed by atoms with van der Waals surface area (Å²) in [6, 6.07) is 0. The summed E-state index contributed by atoms with van der Waals surface area (Å²) in [4.78, 5) is 11.1. The molecular formula is C12H17NO2. The first-order chi connectivity index (χ1) is 7.15. The normalized spacial score (nSPS) is 24.1. The first-order valence-electron chi connectivity index (χ1n) is 5.12. The zero-order valence-electron chi connectivity index (χ0n) is 9.30. The molecule has 3 nitrogen and oxygen atoms in total. The third kappa shape index (κ3) is 3.41. The van der Waals surface area contributed by atoms with Gasteiger partial charge in [0.25, 0.3) is 5.91 Å². The maximum atomic E-state index is 11.1. The van der Waals surface area contributed by atoms with Gasteiger partial charge in [0.15, 0.2) is 0 Å². The fourth-order valence-electron chi connectivity index (χ4n) is 1.77. The lowest BCUT2D eigenvalue weighted by molar-refractivity contribution is -0.115. The number of rotatable bonds is 3. The Morgan fingerprint density at radius 1 is 1.67 bits per heavy atom. The zero-order valence-corrected chi connectivity index (χ0v) is 9.30. The summed E-state index contributed by atoms with van der Waals surface area (Å²) in [5.74, 6) is 5.14. The van der Waals surface area contributed by atoms with Crippen LogP contribution < -0.4 is 5.32 Å². The second kappa shape index (κ2) is 5.57. The van der Waals surface area contributed by atoms with E-state index in [4.69, 9.17) is 4.74 Å². The highest BCUT2D eigenvalue weighted by Crippen LogP contribution is 2.24. The number of hydrogen-bond donors (Lipinski definition) is 1. The lowest BCUT2D eigenvalue weighted by Crippen LogP contribution is -2.32. The summed E-state index contributed by atoms with van der Waals surface area (Å²) >= 11 is 0. The van der Waals surface area contributed by atoms with Gasteiger partial charge in [-0.3, -0.25) is 4.79 Å². The van der Waals surface area contributed by atoms with Crippen molar-refractivity contribution in [1.82, 2.24) is 5.32 Å². The summed E-state index contributed by atoms with van der Waals surface area (Å²) in [5, 5.41) is 2.78. The van der Waals surface area contributed by atoms with Crippen LogP contribution in [0.3, 0.4) is 0 Å². The molecule has 0 aromatic heterocycles. The Hall–Kier alpha value is -1.27.